The second kappa shape index (κ2) is 6.48. The normalized spacial score (nSPS) is 25.7. The summed E-state index contributed by atoms with van der Waals surface area (Å²) >= 11 is 2.08. The molecule has 0 aromatic heterocycles. The van der Waals surface area contributed by atoms with Crippen molar-refractivity contribution >= 4 is 11.8 Å². The standard InChI is InChI=1S/C15H23NOS/c1-11(13-6-4-7-14(10-13)17-3)16-15-8-5-9-18-12(15)2/h4,6-7,10-12,15-16H,5,8-9H2,1-3H3. The van der Waals surface area contributed by atoms with E-state index in [1.807, 2.05) is 6.07 Å². The van der Waals surface area contributed by atoms with Gasteiger partial charge in [0.2, 0.25) is 0 Å². The van der Waals surface area contributed by atoms with Crippen LogP contribution in [-0.4, -0.2) is 24.2 Å². The summed E-state index contributed by atoms with van der Waals surface area (Å²) in [5, 5.41) is 4.47. The summed E-state index contributed by atoms with van der Waals surface area (Å²) in [6, 6.07) is 9.36. The Balaban J connectivity index is 1.99. The second-order valence-electron chi connectivity index (χ2n) is 4.99. The average Bonchev–Trinajstić information content (AvgIpc) is 2.41. The molecule has 18 heavy (non-hydrogen) atoms. The van der Waals surface area contributed by atoms with Gasteiger partial charge in [0.1, 0.15) is 5.75 Å². The lowest BCUT2D eigenvalue weighted by Crippen LogP contribution is -2.40. The lowest BCUT2D eigenvalue weighted by atomic mass is 10.0. The van der Waals surface area contributed by atoms with Crippen LogP contribution in [0.2, 0.25) is 0 Å². The monoisotopic (exact) mass is 265 g/mol. The molecule has 0 radical (unpaired) electrons. The van der Waals surface area contributed by atoms with E-state index in [0.717, 1.165) is 5.75 Å². The molecule has 0 bridgehead atoms. The Labute approximate surface area is 114 Å². The molecule has 1 aliphatic heterocycles. The summed E-state index contributed by atoms with van der Waals surface area (Å²) in [7, 11) is 1.72. The molecule has 0 spiro atoms. The minimum atomic E-state index is 0.381. The highest BCUT2D eigenvalue weighted by Gasteiger charge is 2.23. The number of nitrogens with one attached hydrogen (secondary N) is 1. The van der Waals surface area contributed by atoms with Crippen LogP contribution in [0.25, 0.3) is 0 Å². The number of rotatable bonds is 4. The van der Waals surface area contributed by atoms with Gasteiger partial charge in [-0.25, -0.2) is 0 Å². The van der Waals surface area contributed by atoms with Crippen LogP contribution >= 0.6 is 11.8 Å². The van der Waals surface area contributed by atoms with E-state index < -0.39 is 0 Å². The maximum atomic E-state index is 5.28. The summed E-state index contributed by atoms with van der Waals surface area (Å²) in [4.78, 5) is 0. The Morgan fingerprint density at radius 1 is 1.44 bits per heavy atom. The first-order chi connectivity index (χ1) is 8.70. The van der Waals surface area contributed by atoms with Crippen molar-refractivity contribution in [3.8, 4) is 5.75 Å². The molecule has 1 aromatic rings. The highest BCUT2D eigenvalue weighted by Crippen LogP contribution is 2.27. The van der Waals surface area contributed by atoms with E-state index in [4.69, 9.17) is 4.74 Å². The van der Waals surface area contributed by atoms with Crippen LogP contribution in [0, 0.1) is 0 Å². The van der Waals surface area contributed by atoms with E-state index in [1.54, 1.807) is 7.11 Å². The van der Waals surface area contributed by atoms with E-state index in [9.17, 15) is 0 Å². The van der Waals surface area contributed by atoms with E-state index >= 15 is 0 Å². The van der Waals surface area contributed by atoms with Gasteiger partial charge in [-0.3, -0.25) is 0 Å². The summed E-state index contributed by atoms with van der Waals surface area (Å²) in [5.74, 6) is 2.25. The van der Waals surface area contributed by atoms with Crippen molar-refractivity contribution in [1.82, 2.24) is 5.32 Å². The first-order valence-electron chi connectivity index (χ1n) is 6.72. The quantitative estimate of drug-likeness (QED) is 0.898. The van der Waals surface area contributed by atoms with Crippen LogP contribution < -0.4 is 10.1 Å². The fourth-order valence-electron chi connectivity index (χ4n) is 2.47. The van der Waals surface area contributed by atoms with Gasteiger partial charge in [0.05, 0.1) is 7.11 Å². The maximum Gasteiger partial charge on any atom is 0.119 e. The van der Waals surface area contributed by atoms with Crippen molar-refractivity contribution in [1.29, 1.82) is 0 Å². The Morgan fingerprint density at radius 3 is 3.00 bits per heavy atom. The van der Waals surface area contributed by atoms with Gasteiger partial charge in [0, 0.05) is 17.3 Å². The number of benzene rings is 1. The molecule has 100 valence electrons. The van der Waals surface area contributed by atoms with Gasteiger partial charge in [-0.05, 0) is 43.2 Å². The predicted molar refractivity (Wildman–Crippen MR) is 79.5 cm³/mol. The predicted octanol–water partition coefficient (Wildman–Crippen LogP) is 3.63. The van der Waals surface area contributed by atoms with Gasteiger partial charge in [-0.1, -0.05) is 19.1 Å². The van der Waals surface area contributed by atoms with Gasteiger partial charge < -0.3 is 10.1 Å². The van der Waals surface area contributed by atoms with Crippen LogP contribution in [0.3, 0.4) is 0 Å². The van der Waals surface area contributed by atoms with Crippen LogP contribution in [0.15, 0.2) is 24.3 Å². The van der Waals surface area contributed by atoms with Crippen LogP contribution in [-0.2, 0) is 0 Å². The Bertz CT molecular complexity index is 383. The van der Waals surface area contributed by atoms with Crippen LogP contribution in [0.5, 0.6) is 5.75 Å². The fraction of sp³-hybridized carbons (Fsp3) is 0.600. The summed E-state index contributed by atoms with van der Waals surface area (Å²) in [6.07, 6.45) is 2.62. The zero-order chi connectivity index (χ0) is 13.0. The van der Waals surface area contributed by atoms with Crippen molar-refractivity contribution < 1.29 is 4.74 Å². The van der Waals surface area contributed by atoms with E-state index in [2.05, 4.69) is 49.1 Å². The van der Waals surface area contributed by atoms with E-state index in [-0.39, 0.29) is 0 Å². The van der Waals surface area contributed by atoms with E-state index in [1.165, 1.54) is 24.2 Å². The molecule has 1 heterocycles. The molecule has 1 aliphatic rings. The minimum Gasteiger partial charge on any atom is -0.497 e. The topological polar surface area (TPSA) is 21.3 Å². The molecule has 0 amide bonds. The van der Waals surface area contributed by atoms with Crippen LogP contribution in [0.4, 0.5) is 0 Å². The highest BCUT2D eigenvalue weighted by atomic mass is 32.2. The largest absolute Gasteiger partial charge is 0.497 e. The number of hydrogen-bond donors (Lipinski definition) is 1. The molecule has 1 saturated heterocycles. The van der Waals surface area contributed by atoms with Gasteiger partial charge in [0.25, 0.3) is 0 Å². The number of ether oxygens (including phenoxy) is 1. The molecule has 2 nitrogen and oxygen atoms in total. The first-order valence-corrected chi connectivity index (χ1v) is 7.77. The molecular weight excluding hydrogens is 242 g/mol. The molecule has 0 aliphatic carbocycles. The number of thioether (sulfide) groups is 1. The van der Waals surface area contributed by atoms with Crippen molar-refractivity contribution in [3.05, 3.63) is 29.8 Å². The smallest absolute Gasteiger partial charge is 0.119 e. The van der Waals surface area contributed by atoms with Gasteiger partial charge in [0.15, 0.2) is 0 Å². The third-order valence-corrected chi connectivity index (χ3v) is 5.04. The molecule has 1 fully saturated rings. The third kappa shape index (κ3) is 3.42. The SMILES string of the molecule is COc1cccc(C(C)NC2CCCSC2C)c1. The zero-order valence-corrected chi connectivity index (χ0v) is 12.3. The molecule has 1 N–H and O–H groups in total. The third-order valence-electron chi connectivity index (χ3n) is 3.66. The second-order valence-corrected chi connectivity index (χ2v) is 6.47. The molecule has 3 heteroatoms. The van der Waals surface area contributed by atoms with Gasteiger partial charge in [-0.2, -0.15) is 11.8 Å². The summed E-state index contributed by atoms with van der Waals surface area (Å²) in [5.41, 5.74) is 1.30. The van der Waals surface area contributed by atoms with Gasteiger partial charge >= 0.3 is 0 Å². The Hall–Kier alpha value is -0.670. The average molecular weight is 265 g/mol. The van der Waals surface area contributed by atoms with Crippen LogP contribution in [0.1, 0.15) is 38.3 Å². The van der Waals surface area contributed by atoms with E-state index in [0.29, 0.717) is 17.3 Å². The lowest BCUT2D eigenvalue weighted by molar-refractivity contribution is 0.405. The highest BCUT2D eigenvalue weighted by molar-refractivity contribution is 7.99. The van der Waals surface area contributed by atoms with Crippen molar-refractivity contribution in [2.45, 2.75) is 44.0 Å². The maximum absolute atomic E-state index is 5.28. The van der Waals surface area contributed by atoms with Crippen molar-refractivity contribution in [2.24, 2.45) is 0 Å². The molecule has 0 saturated carbocycles. The molecule has 3 atom stereocenters. The molecular formula is C15H23NOS. The number of methoxy groups -OCH3 is 1. The summed E-state index contributed by atoms with van der Waals surface area (Å²) in [6.45, 7) is 4.57. The first kappa shape index (κ1) is 13.8. The minimum absolute atomic E-state index is 0.381. The Morgan fingerprint density at radius 2 is 2.28 bits per heavy atom. The van der Waals surface area contributed by atoms with Crippen molar-refractivity contribution in [2.75, 3.05) is 12.9 Å². The molecule has 2 rings (SSSR count). The Kier molecular flexibility index (Phi) is 4.95. The summed E-state index contributed by atoms with van der Waals surface area (Å²) < 4.78 is 5.28. The number of hydrogen-bond acceptors (Lipinski definition) is 3. The molecule has 3 unspecified atom stereocenters. The molecule has 1 aromatic carbocycles. The fourth-order valence-corrected chi connectivity index (χ4v) is 3.62. The lowest BCUT2D eigenvalue weighted by Gasteiger charge is -2.32. The van der Waals surface area contributed by atoms with Gasteiger partial charge in [-0.15, -0.1) is 0 Å². The zero-order valence-electron chi connectivity index (χ0n) is 11.5. The van der Waals surface area contributed by atoms with Crippen molar-refractivity contribution in [3.63, 3.8) is 0 Å².